The van der Waals surface area contributed by atoms with Crippen LogP contribution >= 0.6 is 0 Å². The summed E-state index contributed by atoms with van der Waals surface area (Å²) in [6, 6.07) is 8.55. The number of benzene rings is 2. The van der Waals surface area contributed by atoms with Crippen molar-refractivity contribution < 1.29 is 22.9 Å². The van der Waals surface area contributed by atoms with Crippen LogP contribution < -0.4 is 15.8 Å². The zero-order chi connectivity index (χ0) is 19.5. The molecule has 2 rings (SSSR count). The number of anilines is 2. The largest absolute Gasteiger partial charge is 0.416 e. The first-order chi connectivity index (χ1) is 12.1. The van der Waals surface area contributed by atoms with Crippen molar-refractivity contribution in [3.8, 4) is 0 Å². The lowest BCUT2D eigenvalue weighted by molar-refractivity contribution is -0.384. The van der Waals surface area contributed by atoms with Crippen molar-refractivity contribution in [1.82, 2.24) is 5.43 Å². The van der Waals surface area contributed by atoms with Gasteiger partial charge in [-0.3, -0.25) is 25.8 Å². The summed E-state index contributed by atoms with van der Waals surface area (Å²) in [5.74, 6) is -0.595. The summed E-state index contributed by atoms with van der Waals surface area (Å²) in [6.45, 7) is 0. The van der Waals surface area contributed by atoms with E-state index >= 15 is 0 Å². The zero-order valence-electron chi connectivity index (χ0n) is 13.8. The quantitative estimate of drug-likeness (QED) is 0.624. The third-order valence-electron chi connectivity index (χ3n) is 3.46. The summed E-state index contributed by atoms with van der Waals surface area (Å²) >= 11 is 0. The number of hydrogen-bond donors (Lipinski definition) is 2. The molecule has 0 fully saturated rings. The monoisotopic (exact) mass is 368 g/mol. The molecule has 0 heterocycles. The summed E-state index contributed by atoms with van der Waals surface area (Å²) < 4.78 is 38.1. The first-order valence-electron chi connectivity index (χ1n) is 7.29. The number of nitrogens with one attached hydrogen (secondary N) is 2. The molecule has 138 valence electrons. The molecular weight excluding hydrogens is 353 g/mol. The number of nitro groups is 1. The van der Waals surface area contributed by atoms with Crippen molar-refractivity contribution in [1.29, 1.82) is 0 Å². The van der Waals surface area contributed by atoms with Gasteiger partial charge in [-0.1, -0.05) is 6.07 Å². The molecule has 0 spiro atoms. The lowest BCUT2D eigenvalue weighted by Gasteiger charge is -2.14. The molecule has 0 saturated heterocycles. The summed E-state index contributed by atoms with van der Waals surface area (Å²) in [7, 11) is 3.58. The number of amides is 1. The number of nitrogens with zero attached hydrogens (tertiary/aromatic N) is 2. The predicted octanol–water partition coefficient (Wildman–Crippen LogP) is 3.44. The van der Waals surface area contributed by atoms with Crippen molar-refractivity contribution in [2.45, 2.75) is 6.18 Å². The van der Waals surface area contributed by atoms with Crippen LogP contribution in [0.3, 0.4) is 0 Å². The van der Waals surface area contributed by atoms with Crippen LogP contribution in [0.25, 0.3) is 0 Å². The van der Waals surface area contributed by atoms with E-state index in [9.17, 15) is 28.1 Å². The van der Waals surface area contributed by atoms with E-state index in [0.717, 1.165) is 11.8 Å². The predicted molar refractivity (Wildman–Crippen MR) is 90.0 cm³/mol. The summed E-state index contributed by atoms with van der Waals surface area (Å²) in [6.07, 6.45) is -4.71. The van der Waals surface area contributed by atoms with Crippen LogP contribution in [-0.4, -0.2) is 24.9 Å². The van der Waals surface area contributed by atoms with E-state index in [1.807, 2.05) is 0 Å². The molecule has 2 aromatic rings. The first-order valence-corrected chi connectivity index (χ1v) is 7.29. The Morgan fingerprint density at radius 2 is 1.85 bits per heavy atom. The topological polar surface area (TPSA) is 87.5 Å². The van der Waals surface area contributed by atoms with Crippen LogP contribution in [0.5, 0.6) is 0 Å². The SMILES string of the molecule is CN(C)c1cccc(C(=O)NNc2ccc(C(F)(F)F)cc2[N+](=O)[O-])c1. The van der Waals surface area contributed by atoms with Gasteiger partial charge in [0.1, 0.15) is 5.69 Å². The highest BCUT2D eigenvalue weighted by Gasteiger charge is 2.33. The van der Waals surface area contributed by atoms with Crippen molar-refractivity contribution in [3.63, 3.8) is 0 Å². The Morgan fingerprint density at radius 1 is 1.15 bits per heavy atom. The fourth-order valence-electron chi connectivity index (χ4n) is 2.09. The van der Waals surface area contributed by atoms with E-state index in [1.54, 1.807) is 37.2 Å². The molecular formula is C16H15F3N4O3. The Balaban J connectivity index is 2.20. The molecule has 26 heavy (non-hydrogen) atoms. The van der Waals surface area contributed by atoms with E-state index in [4.69, 9.17) is 0 Å². The maximum absolute atomic E-state index is 12.7. The average molecular weight is 368 g/mol. The highest BCUT2D eigenvalue weighted by molar-refractivity contribution is 5.96. The minimum Gasteiger partial charge on any atom is -0.378 e. The first kappa shape index (κ1) is 19.0. The highest BCUT2D eigenvalue weighted by Crippen LogP contribution is 2.34. The lowest BCUT2D eigenvalue weighted by atomic mass is 10.1. The number of carbonyl (C=O) groups excluding carboxylic acids is 1. The minimum absolute atomic E-state index is 0.264. The molecule has 2 aromatic carbocycles. The summed E-state index contributed by atoms with van der Waals surface area (Å²) in [5, 5.41) is 11.0. The van der Waals surface area contributed by atoms with Gasteiger partial charge in [0, 0.05) is 31.4 Å². The van der Waals surface area contributed by atoms with E-state index in [2.05, 4.69) is 10.9 Å². The van der Waals surface area contributed by atoms with Crippen LogP contribution in [0, 0.1) is 10.1 Å². The van der Waals surface area contributed by atoms with Gasteiger partial charge in [-0.15, -0.1) is 0 Å². The molecule has 10 heteroatoms. The highest BCUT2D eigenvalue weighted by atomic mass is 19.4. The van der Waals surface area contributed by atoms with Crippen LogP contribution in [0.15, 0.2) is 42.5 Å². The number of nitro benzene ring substituents is 1. The maximum atomic E-state index is 12.7. The molecule has 0 bridgehead atoms. The van der Waals surface area contributed by atoms with Crippen LogP contribution in [0.4, 0.5) is 30.2 Å². The molecule has 1 amide bonds. The van der Waals surface area contributed by atoms with Crippen molar-refractivity contribution in [2.24, 2.45) is 0 Å². The Labute approximate surface area is 146 Å². The minimum atomic E-state index is -4.71. The molecule has 0 saturated carbocycles. The van der Waals surface area contributed by atoms with Gasteiger partial charge in [0.05, 0.1) is 10.5 Å². The molecule has 0 radical (unpaired) electrons. The number of alkyl halides is 3. The fraction of sp³-hybridized carbons (Fsp3) is 0.188. The molecule has 0 aromatic heterocycles. The number of hydrazine groups is 1. The van der Waals surface area contributed by atoms with E-state index in [-0.39, 0.29) is 11.3 Å². The summed E-state index contributed by atoms with van der Waals surface area (Å²) in [5.41, 5.74) is 3.36. The number of hydrogen-bond acceptors (Lipinski definition) is 5. The van der Waals surface area contributed by atoms with Gasteiger partial charge in [0.2, 0.25) is 0 Å². The Hall–Kier alpha value is -3.30. The molecule has 0 aliphatic carbocycles. The lowest BCUT2D eigenvalue weighted by Crippen LogP contribution is -2.30. The van der Waals surface area contributed by atoms with Gasteiger partial charge < -0.3 is 4.90 Å². The number of rotatable bonds is 5. The second-order valence-electron chi connectivity index (χ2n) is 5.51. The Kier molecular flexibility index (Phi) is 5.34. The van der Waals surface area contributed by atoms with Gasteiger partial charge in [-0.05, 0) is 30.3 Å². The maximum Gasteiger partial charge on any atom is 0.416 e. The second kappa shape index (κ2) is 7.30. The molecule has 0 atom stereocenters. The Morgan fingerprint density at radius 3 is 2.42 bits per heavy atom. The van der Waals surface area contributed by atoms with Crippen LogP contribution in [-0.2, 0) is 6.18 Å². The van der Waals surface area contributed by atoms with Crippen molar-refractivity contribution in [2.75, 3.05) is 24.4 Å². The third kappa shape index (κ3) is 4.41. The standard InChI is InChI=1S/C16H15F3N4O3/c1-22(2)12-5-3-4-10(8-12)15(24)21-20-13-7-6-11(16(17,18)19)9-14(13)23(25)26/h3-9,20H,1-2H3,(H,21,24). The molecule has 2 N–H and O–H groups in total. The normalized spacial score (nSPS) is 11.0. The van der Waals surface area contributed by atoms with Crippen molar-refractivity contribution >= 4 is 23.0 Å². The smallest absolute Gasteiger partial charge is 0.378 e. The zero-order valence-corrected chi connectivity index (χ0v) is 13.8. The van der Waals surface area contributed by atoms with E-state index in [1.165, 1.54) is 6.07 Å². The van der Waals surface area contributed by atoms with E-state index < -0.39 is 28.3 Å². The molecule has 0 aliphatic heterocycles. The van der Waals surface area contributed by atoms with Gasteiger partial charge in [0.25, 0.3) is 11.6 Å². The Bertz CT molecular complexity index is 838. The third-order valence-corrected chi connectivity index (χ3v) is 3.46. The number of carbonyl (C=O) groups is 1. The second-order valence-corrected chi connectivity index (χ2v) is 5.51. The van der Waals surface area contributed by atoms with E-state index in [0.29, 0.717) is 12.1 Å². The van der Waals surface area contributed by atoms with Crippen LogP contribution in [0.2, 0.25) is 0 Å². The van der Waals surface area contributed by atoms with Crippen molar-refractivity contribution in [3.05, 3.63) is 63.7 Å². The van der Waals surface area contributed by atoms with Gasteiger partial charge in [-0.25, -0.2) is 0 Å². The summed E-state index contributed by atoms with van der Waals surface area (Å²) in [4.78, 5) is 24.0. The van der Waals surface area contributed by atoms with Gasteiger partial charge in [0.15, 0.2) is 0 Å². The molecule has 0 aliphatic rings. The average Bonchev–Trinajstić information content (AvgIpc) is 2.58. The van der Waals surface area contributed by atoms with Crippen LogP contribution in [0.1, 0.15) is 15.9 Å². The number of halogens is 3. The fourth-order valence-corrected chi connectivity index (χ4v) is 2.09. The van der Waals surface area contributed by atoms with Gasteiger partial charge in [-0.2, -0.15) is 13.2 Å². The molecule has 7 nitrogen and oxygen atoms in total. The van der Waals surface area contributed by atoms with Gasteiger partial charge >= 0.3 is 6.18 Å². The molecule has 0 unspecified atom stereocenters.